The molecule has 1 heterocycles. The minimum Gasteiger partial charge on any atom is -0.497 e. The summed E-state index contributed by atoms with van der Waals surface area (Å²) in [7, 11) is 1.60. The van der Waals surface area contributed by atoms with Crippen molar-refractivity contribution in [1.29, 1.82) is 0 Å². The molecule has 3 rings (SSSR count). The number of rotatable bonds is 4. The number of aliphatic hydroxyl groups is 1. The lowest BCUT2D eigenvalue weighted by atomic mass is 10.0. The van der Waals surface area contributed by atoms with Crippen LogP contribution in [-0.2, 0) is 11.2 Å². The third-order valence-corrected chi connectivity index (χ3v) is 4.37. The fourth-order valence-corrected chi connectivity index (χ4v) is 3.11. The highest BCUT2D eigenvalue weighted by Gasteiger charge is 2.35. The molecule has 2 aromatic carbocycles. The quantitative estimate of drug-likeness (QED) is 0.938. The number of carbonyl (C=O) groups excluding carboxylic acids is 1. The molecule has 0 bridgehead atoms. The number of carbonyl (C=O) groups is 1. The molecule has 1 aliphatic rings. The number of hydrogen-bond acceptors (Lipinski definition) is 3. The Morgan fingerprint density at radius 1 is 1.21 bits per heavy atom. The van der Waals surface area contributed by atoms with Crippen molar-refractivity contribution in [1.82, 2.24) is 4.90 Å². The van der Waals surface area contributed by atoms with Gasteiger partial charge in [-0.1, -0.05) is 24.3 Å². The second-order valence-corrected chi connectivity index (χ2v) is 6.03. The van der Waals surface area contributed by atoms with E-state index < -0.39 is 6.10 Å². The van der Waals surface area contributed by atoms with Gasteiger partial charge >= 0.3 is 0 Å². The van der Waals surface area contributed by atoms with Crippen LogP contribution in [0.5, 0.6) is 5.75 Å². The Kier molecular flexibility index (Phi) is 4.81. The maximum absolute atomic E-state index is 13.1. The van der Waals surface area contributed by atoms with Crippen molar-refractivity contribution in [3.63, 3.8) is 0 Å². The van der Waals surface area contributed by atoms with Crippen LogP contribution in [0.15, 0.2) is 48.5 Å². The average Bonchev–Trinajstić information content (AvgIpc) is 2.98. The normalized spacial score (nSPS) is 20.2. The topological polar surface area (TPSA) is 49.8 Å². The summed E-state index contributed by atoms with van der Waals surface area (Å²) in [6.45, 7) is 0.303. The highest BCUT2D eigenvalue weighted by molar-refractivity contribution is 5.79. The Labute approximate surface area is 140 Å². The second-order valence-electron chi connectivity index (χ2n) is 6.03. The van der Waals surface area contributed by atoms with Crippen LogP contribution in [0.4, 0.5) is 4.39 Å². The standard InChI is InChI=1S/C19H20FNO3/c1-24-17-8-2-13(3-9-17)10-19(23)21-12-16(22)11-18(21)14-4-6-15(20)7-5-14/h2-9,16,18,22H,10-12H2,1H3/t16-,18-/m1/s1. The minimum absolute atomic E-state index is 0.0500. The molecule has 0 aromatic heterocycles. The van der Waals surface area contributed by atoms with E-state index in [1.54, 1.807) is 24.1 Å². The molecule has 0 radical (unpaired) electrons. The molecular formula is C19H20FNO3. The van der Waals surface area contributed by atoms with Crippen LogP contribution in [0.3, 0.4) is 0 Å². The predicted molar refractivity (Wildman–Crippen MR) is 88.2 cm³/mol. The molecule has 5 heteroatoms. The SMILES string of the molecule is COc1ccc(CC(=O)N2C[C@H](O)C[C@@H]2c2ccc(F)cc2)cc1. The molecule has 4 nitrogen and oxygen atoms in total. The van der Waals surface area contributed by atoms with E-state index in [9.17, 15) is 14.3 Å². The van der Waals surface area contributed by atoms with Gasteiger partial charge in [0.15, 0.2) is 0 Å². The summed E-state index contributed by atoms with van der Waals surface area (Å²) in [4.78, 5) is 14.4. The average molecular weight is 329 g/mol. The lowest BCUT2D eigenvalue weighted by Crippen LogP contribution is -2.33. The van der Waals surface area contributed by atoms with Gasteiger partial charge in [-0.2, -0.15) is 0 Å². The van der Waals surface area contributed by atoms with Crippen LogP contribution in [0.2, 0.25) is 0 Å². The zero-order valence-electron chi connectivity index (χ0n) is 13.5. The summed E-state index contributed by atoms with van der Waals surface area (Å²) in [6.07, 6.45) is 0.175. The van der Waals surface area contributed by atoms with Crippen molar-refractivity contribution in [3.05, 3.63) is 65.5 Å². The lowest BCUT2D eigenvalue weighted by Gasteiger charge is -2.25. The summed E-state index contributed by atoms with van der Waals surface area (Å²) in [5.74, 6) is 0.381. The van der Waals surface area contributed by atoms with Gasteiger partial charge < -0.3 is 14.7 Å². The zero-order valence-corrected chi connectivity index (χ0v) is 13.5. The number of methoxy groups -OCH3 is 1. The Morgan fingerprint density at radius 3 is 2.50 bits per heavy atom. The van der Waals surface area contributed by atoms with Crippen LogP contribution in [-0.4, -0.2) is 35.7 Å². The fraction of sp³-hybridized carbons (Fsp3) is 0.316. The molecule has 0 unspecified atom stereocenters. The van der Waals surface area contributed by atoms with E-state index in [2.05, 4.69) is 0 Å². The molecule has 1 fully saturated rings. The monoisotopic (exact) mass is 329 g/mol. The molecule has 0 spiro atoms. The summed E-state index contributed by atoms with van der Waals surface area (Å²) in [6, 6.07) is 13.2. The number of ether oxygens (including phenoxy) is 1. The summed E-state index contributed by atoms with van der Waals surface area (Å²) in [5.41, 5.74) is 1.73. The van der Waals surface area contributed by atoms with Crippen LogP contribution in [0, 0.1) is 5.82 Å². The van der Waals surface area contributed by atoms with Crippen LogP contribution in [0.1, 0.15) is 23.6 Å². The highest BCUT2D eigenvalue weighted by atomic mass is 19.1. The van der Waals surface area contributed by atoms with Gasteiger partial charge in [0, 0.05) is 6.54 Å². The Hall–Kier alpha value is -2.40. The maximum atomic E-state index is 13.1. The van der Waals surface area contributed by atoms with Gasteiger partial charge in [0.1, 0.15) is 11.6 Å². The largest absolute Gasteiger partial charge is 0.497 e. The molecule has 1 saturated heterocycles. The first kappa shape index (κ1) is 16.5. The number of hydrogen-bond donors (Lipinski definition) is 1. The molecule has 0 aliphatic carbocycles. The van der Waals surface area contributed by atoms with E-state index in [0.29, 0.717) is 13.0 Å². The molecule has 126 valence electrons. The molecule has 24 heavy (non-hydrogen) atoms. The van der Waals surface area contributed by atoms with E-state index in [-0.39, 0.29) is 24.2 Å². The van der Waals surface area contributed by atoms with Crippen molar-refractivity contribution in [2.24, 2.45) is 0 Å². The van der Waals surface area contributed by atoms with Gasteiger partial charge in [-0.25, -0.2) is 4.39 Å². The Morgan fingerprint density at radius 2 is 1.88 bits per heavy atom. The second kappa shape index (κ2) is 7.01. The van der Waals surface area contributed by atoms with Crippen molar-refractivity contribution >= 4 is 5.91 Å². The molecule has 1 aliphatic heterocycles. The minimum atomic E-state index is -0.556. The fourth-order valence-electron chi connectivity index (χ4n) is 3.11. The number of nitrogens with zero attached hydrogens (tertiary/aromatic N) is 1. The first-order valence-corrected chi connectivity index (χ1v) is 7.92. The van der Waals surface area contributed by atoms with E-state index in [1.807, 2.05) is 24.3 Å². The van der Waals surface area contributed by atoms with Crippen LogP contribution < -0.4 is 4.74 Å². The smallest absolute Gasteiger partial charge is 0.227 e. The van der Waals surface area contributed by atoms with E-state index >= 15 is 0 Å². The van der Waals surface area contributed by atoms with Crippen molar-refractivity contribution in [2.75, 3.05) is 13.7 Å². The number of β-amino-alcohol motifs (C(OH)–C–C–N with tert-alkyl or cyclic N) is 1. The molecule has 1 N–H and O–H groups in total. The van der Waals surface area contributed by atoms with Crippen LogP contribution in [0.25, 0.3) is 0 Å². The summed E-state index contributed by atoms with van der Waals surface area (Å²) < 4.78 is 18.2. The zero-order chi connectivity index (χ0) is 17.1. The van der Waals surface area contributed by atoms with Gasteiger partial charge in [-0.15, -0.1) is 0 Å². The number of benzene rings is 2. The van der Waals surface area contributed by atoms with Gasteiger partial charge in [0.2, 0.25) is 5.91 Å². The number of amides is 1. The number of halogens is 1. The maximum Gasteiger partial charge on any atom is 0.227 e. The first-order chi connectivity index (χ1) is 11.6. The van der Waals surface area contributed by atoms with Crippen molar-refractivity contribution < 1.29 is 19.0 Å². The van der Waals surface area contributed by atoms with Gasteiger partial charge in [-0.05, 0) is 41.8 Å². The summed E-state index contributed by atoms with van der Waals surface area (Å²) >= 11 is 0. The highest BCUT2D eigenvalue weighted by Crippen LogP contribution is 2.32. The van der Waals surface area contributed by atoms with Crippen molar-refractivity contribution in [2.45, 2.75) is 25.0 Å². The third kappa shape index (κ3) is 3.57. The van der Waals surface area contributed by atoms with Gasteiger partial charge in [0.05, 0.1) is 25.7 Å². The van der Waals surface area contributed by atoms with Gasteiger partial charge in [-0.3, -0.25) is 4.79 Å². The van der Waals surface area contributed by atoms with Crippen LogP contribution >= 0.6 is 0 Å². The first-order valence-electron chi connectivity index (χ1n) is 7.92. The molecule has 0 saturated carbocycles. The summed E-state index contributed by atoms with van der Waals surface area (Å²) in [5, 5.41) is 9.98. The third-order valence-electron chi connectivity index (χ3n) is 4.37. The molecular weight excluding hydrogens is 309 g/mol. The predicted octanol–water partition coefficient (Wildman–Crippen LogP) is 2.71. The molecule has 1 amide bonds. The Balaban J connectivity index is 1.75. The molecule has 2 aromatic rings. The Bertz CT molecular complexity index is 700. The molecule has 2 atom stereocenters. The number of aliphatic hydroxyl groups excluding tert-OH is 1. The van der Waals surface area contributed by atoms with Crippen molar-refractivity contribution in [3.8, 4) is 5.75 Å². The van der Waals surface area contributed by atoms with E-state index in [0.717, 1.165) is 16.9 Å². The van der Waals surface area contributed by atoms with E-state index in [4.69, 9.17) is 4.74 Å². The van der Waals surface area contributed by atoms with E-state index in [1.165, 1.54) is 12.1 Å². The van der Waals surface area contributed by atoms with Gasteiger partial charge in [0.25, 0.3) is 0 Å². The number of likely N-dealkylation sites (tertiary alicyclic amines) is 1. The lowest BCUT2D eigenvalue weighted by molar-refractivity contribution is -0.131.